The SMILES string of the molecule is COCC(=O)NCCc1cccc(C(N)=O)c1. The normalized spacial score (nSPS) is 9.94. The Bertz CT molecular complexity index is 404. The molecule has 0 fully saturated rings. The summed E-state index contributed by atoms with van der Waals surface area (Å²) in [7, 11) is 1.47. The quantitative estimate of drug-likeness (QED) is 0.734. The van der Waals surface area contributed by atoms with Crippen molar-refractivity contribution >= 4 is 11.8 Å². The number of carbonyl (C=O) groups excluding carboxylic acids is 2. The summed E-state index contributed by atoms with van der Waals surface area (Å²) in [5.74, 6) is -0.603. The van der Waals surface area contributed by atoms with E-state index in [2.05, 4.69) is 10.1 Å². The van der Waals surface area contributed by atoms with Gasteiger partial charge in [-0.2, -0.15) is 0 Å². The van der Waals surface area contributed by atoms with E-state index in [1.54, 1.807) is 18.2 Å². The smallest absolute Gasteiger partial charge is 0.248 e. The van der Waals surface area contributed by atoms with E-state index in [0.717, 1.165) is 5.56 Å². The Morgan fingerprint density at radius 1 is 1.41 bits per heavy atom. The average Bonchev–Trinajstić information content (AvgIpc) is 2.30. The number of nitrogens with two attached hydrogens (primary N) is 1. The van der Waals surface area contributed by atoms with Gasteiger partial charge in [0.05, 0.1) is 0 Å². The van der Waals surface area contributed by atoms with Crippen LogP contribution in [0.5, 0.6) is 0 Å². The molecule has 5 heteroatoms. The van der Waals surface area contributed by atoms with Gasteiger partial charge in [0, 0.05) is 19.2 Å². The first-order valence-electron chi connectivity index (χ1n) is 5.28. The molecule has 0 bridgehead atoms. The Kier molecular flexibility index (Phi) is 5.16. The van der Waals surface area contributed by atoms with Crippen molar-refractivity contribution in [3.8, 4) is 0 Å². The second-order valence-electron chi connectivity index (χ2n) is 3.60. The summed E-state index contributed by atoms with van der Waals surface area (Å²) >= 11 is 0. The van der Waals surface area contributed by atoms with Gasteiger partial charge in [0.15, 0.2) is 0 Å². The van der Waals surface area contributed by atoms with Gasteiger partial charge in [0.2, 0.25) is 11.8 Å². The number of primary amides is 1. The van der Waals surface area contributed by atoms with E-state index in [1.165, 1.54) is 7.11 Å². The molecule has 0 saturated carbocycles. The van der Waals surface area contributed by atoms with Crippen LogP contribution in [-0.2, 0) is 16.0 Å². The van der Waals surface area contributed by atoms with Gasteiger partial charge in [-0.05, 0) is 24.1 Å². The molecule has 92 valence electrons. The number of ether oxygens (including phenoxy) is 1. The van der Waals surface area contributed by atoms with Crippen LogP contribution in [0.25, 0.3) is 0 Å². The summed E-state index contributed by atoms with van der Waals surface area (Å²) in [4.78, 5) is 22.1. The average molecular weight is 236 g/mol. The topological polar surface area (TPSA) is 81.4 Å². The predicted molar refractivity (Wildman–Crippen MR) is 63.5 cm³/mol. The number of benzene rings is 1. The van der Waals surface area contributed by atoms with E-state index in [1.807, 2.05) is 6.07 Å². The first-order chi connectivity index (χ1) is 8.13. The molecular weight excluding hydrogens is 220 g/mol. The van der Waals surface area contributed by atoms with Crippen molar-refractivity contribution in [3.05, 3.63) is 35.4 Å². The molecule has 0 aromatic heterocycles. The highest BCUT2D eigenvalue weighted by Gasteiger charge is 2.02. The standard InChI is InChI=1S/C12H16N2O3/c1-17-8-11(15)14-6-5-9-3-2-4-10(7-9)12(13)16/h2-4,7H,5-6,8H2,1H3,(H2,13,16)(H,14,15). The molecule has 5 nitrogen and oxygen atoms in total. The third kappa shape index (κ3) is 4.65. The number of nitrogens with one attached hydrogen (secondary N) is 1. The van der Waals surface area contributed by atoms with Crippen molar-refractivity contribution in [1.29, 1.82) is 0 Å². The molecule has 1 aromatic carbocycles. The molecule has 0 atom stereocenters. The first-order valence-corrected chi connectivity index (χ1v) is 5.28. The number of methoxy groups -OCH3 is 1. The molecule has 0 aliphatic rings. The lowest BCUT2D eigenvalue weighted by Gasteiger charge is -2.05. The van der Waals surface area contributed by atoms with E-state index in [4.69, 9.17) is 5.73 Å². The molecule has 0 radical (unpaired) electrons. The highest BCUT2D eigenvalue weighted by molar-refractivity contribution is 5.92. The molecule has 0 saturated heterocycles. The third-order valence-electron chi connectivity index (χ3n) is 2.22. The maximum atomic E-state index is 11.1. The minimum absolute atomic E-state index is 0.0569. The van der Waals surface area contributed by atoms with Crippen molar-refractivity contribution < 1.29 is 14.3 Å². The lowest BCUT2D eigenvalue weighted by molar-refractivity contribution is -0.124. The second-order valence-corrected chi connectivity index (χ2v) is 3.60. The van der Waals surface area contributed by atoms with Crippen molar-refractivity contribution in [1.82, 2.24) is 5.32 Å². The molecule has 0 spiro atoms. The van der Waals surface area contributed by atoms with E-state index in [9.17, 15) is 9.59 Å². The largest absolute Gasteiger partial charge is 0.375 e. The van der Waals surface area contributed by atoms with Crippen molar-refractivity contribution in [3.63, 3.8) is 0 Å². The minimum atomic E-state index is -0.449. The van der Waals surface area contributed by atoms with Crippen LogP contribution in [0.4, 0.5) is 0 Å². The monoisotopic (exact) mass is 236 g/mol. The molecule has 1 aromatic rings. The summed E-state index contributed by atoms with van der Waals surface area (Å²) in [5, 5.41) is 2.70. The van der Waals surface area contributed by atoms with E-state index in [0.29, 0.717) is 18.5 Å². The van der Waals surface area contributed by atoms with Gasteiger partial charge < -0.3 is 15.8 Å². The van der Waals surface area contributed by atoms with Gasteiger partial charge in [0.1, 0.15) is 6.61 Å². The Morgan fingerprint density at radius 2 is 2.18 bits per heavy atom. The van der Waals surface area contributed by atoms with Crippen LogP contribution in [-0.4, -0.2) is 32.1 Å². The minimum Gasteiger partial charge on any atom is -0.375 e. The second kappa shape index (κ2) is 6.65. The molecule has 0 heterocycles. The van der Waals surface area contributed by atoms with Gasteiger partial charge in [-0.3, -0.25) is 9.59 Å². The van der Waals surface area contributed by atoms with Crippen LogP contribution in [0.1, 0.15) is 15.9 Å². The van der Waals surface area contributed by atoms with Crippen LogP contribution in [0.15, 0.2) is 24.3 Å². The highest BCUT2D eigenvalue weighted by Crippen LogP contribution is 2.04. The van der Waals surface area contributed by atoms with Crippen LogP contribution < -0.4 is 11.1 Å². The van der Waals surface area contributed by atoms with Crippen molar-refractivity contribution in [2.75, 3.05) is 20.3 Å². The van der Waals surface area contributed by atoms with E-state index < -0.39 is 5.91 Å². The lowest BCUT2D eigenvalue weighted by Crippen LogP contribution is -2.29. The van der Waals surface area contributed by atoms with E-state index in [-0.39, 0.29) is 12.5 Å². The summed E-state index contributed by atoms with van der Waals surface area (Å²) in [6.45, 7) is 0.561. The van der Waals surface area contributed by atoms with Gasteiger partial charge >= 0.3 is 0 Å². The number of amides is 2. The zero-order valence-corrected chi connectivity index (χ0v) is 9.73. The third-order valence-corrected chi connectivity index (χ3v) is 2.22. The molecule has 2 amide bonds. The van der Waals surface area contributed by atoms with Gasteiger partial charge in [-0.15, -0.1) is 0 Å². The molecule has 3 N–H and O–H groups in total. The van der Waals surface area contributed by atoms with E-state index >= 15 is 0 Å². The Hall–Kier alpha value is -1.88. The molecular formula is C12H16N2O3. The Morgan fingerprint density at radius 3 is 2.82 bits per heavy atom. The number of hydrogen-bond acceptors (Lipinski definition) is 3. The summed E-state index contributed by atoms with van der Waals surface area (Å²) in [5.41, 5.74) is 6.61. The molecule has 0 unspecified atom stereocenters. The fraction of sp³-hybridized carbons (Fsp3) is 0.333. The fourth-order valence-electron chi connectivity index (χ4n) is 1.41. The van der Waals surface area contributed by atoms with Gasteiger partial charge in [-0.1, -0.05) is 12.1 Å². The molecule has 17 heavy (non-hydrogen) atoms. The fourth-order valence-corrected chi connectivity index (χ4v) is 1.41. The van der Waals surface area contributed by atoms with Crippen LogP contribution in [0.3, 0.4) is 0 Å². The first kappa shape index (κ1) is 13.2. The van der Waals surface area contributed by atoms with Gasteiger partial charge in [0.25, 0.3) is 0 Å². The number of hydrogen-bond donors (Lipinski definition) is 2. The highest BCUT2D eigenvalue weighted by atomic mass is 16.5. The van der Waals surface area contributed by atoms with Crippen molar-refractivity contribution in [2.45, 2.75) is 6.42 Å². The van der Waals surface area contributed by atoms with Gasteiger partial charge in [-0.25, -0.2) is 0 Å². The predicted octanol–water partition coefficient (Wildman–Crippen LogP) is 0.0906. The molecule has 0 aliphatic carbocycles. The zero-order chi connectivity index (χ0) is 12.7. The summed E-state index contributed by atoms with van der Waals surface area (Å²) < 4.78 is 4.68. The van der Waals surface area contributed by atoms with Crippen LogP contribution in [0, 0.1) is 0 Å². The van der Waals surface area contributed by atoms with Crippen molar-refractivity contribution in [2.24, 2.45) is 5.73 Å². The van der Waals surface area contributed by atoms with Crippen LogP contribution in [0.2, 0.25) is 0 Å². The maximum Gasteiger partial charge on any atom is 0.248 e. The maximum absolute atomic E-state index is 11.1. The molecule has 0 aliphatic heterocycles. The van der Waals surface area contributed by atoms with Crippen LogP contribution >= 0.6 is 0 Å². The number of carbonyl (C=O) groups is 2. The number of rotatable bonds is 6. The Labute approximate surface area is 99.9 Å². The zero-order valence-electron chi connectivity index (χ0n) is 9.73. The summed E-state index contributed by atoms with van der Waals surface area (Å²) in [6, 6.07) is 7.04. The Balaban J connectivity index is 2.44. The summed E-state index contributed by atoms with van der Waals surface area (Å²) in [6.07, 6.45) is 0.649. The lowest BCUT2D eigenvalue weighted by atomic mass is 10.1. The molecule has 1 rings (SSSR count).